The van der Waals surface area contributed by atoms with Crippen LogP contribution in [-0.2, 0) is 4.89 Å². The lowest BCUT2D eigenvalue weighted by Crippen LogP contribution is -2.34. The van der Waals surface area contributed by atoms with E-state index < -0.39 is 0 Å². The predicted octanol–water partition coefficient (Wildman–Crippen LogP) is 2.70. The molecule has 1 N–H and O–H groups in total. The van der Waals surface area contributed by atoms with E-state index in [2.05, 4.69) is 41.0 Å². The van der Waals surface area contributed by atoms with Crippen LogP contribution in [0.3, 0.4) is 0 Å². The van der Waals surface area contributed by atoms with E-state index in [1.807, 2.05) is 0 Å². The Morgan fingerprint density at radius 1 is 1.25 bits per heavy atom. The molecule has 0 bridgehead atoms. The predicted molar refractivity (Wildman–Crippen MR) is 64.7 cm³/mol. The molecule has 1 saturated heterocycles. The Bertz CT molecular complexity index is 315. The Balaban J connectivity index is 1.91. The van der Waals surface area contributed by atoms with Crippen molar-refractivity contribution in [2.24, 2.45) is 5.92 Å². The van der Waals surface area contributed by atoms with Gasteiger partial charge in [-0.1, -0.05) is 17.7 Å². The molecule has 1 aliphatic heterocycles. The van der Waals surface area contributed by atoms with Gasteiger partial charge in [-0.3, -0.25) is 5.26 Å². The highest BCUT2D eigenvalue weighted by Crippen LogP contribution is 2.23. The summed E-state index contributed by atoms with van der Waals surface area (Å²) >= 11 is 0. The van der Waals surface area contributed by atoms with Crippen molar-refractivity contribution in [3.05, 3.63) is 29.8 Å². The molecule has 88 valence electrons. The summed E-state index contributed by atoms with van der Waals surface area (Å²) in [7, 11) is 0. The molecular formula is C13H19NO2. The summed E-state index contributed by atoms with van der Waals surface area (Å²) in [5.74, 6) is 0.506. The van der Waals surface area contributed by atoms with Crippen molar-refractivity contribution in [3.8, 4) is 0 Å². The van der Waals surface area contributed by atoms with Crippen molar-refractivity contribution in [3.63, 3.8) is 0 Å². The Kier molecular flexibility index (Phi) is 3.80. The lowest BCUT2D eigenvalue weighted by Gasteiger charge is -2.33. The van der Waals surface area contributed by atoms with Gasteiger partial charge in [0.25, 0.3) is 0 Å². The van der Waals surface area contributed by atoms with Gasteiger partial charge in [0, 0.05) is 18.8 Å². The van der Waals surface area contributed by atoms with Crippen LogP contribution in [0.5, 0.6) is 0 Å². The van der Waals surface area contributed by atoms with Gasteiger partial charge in [0.1, 0.15) is 0 Å². The summed E-state index contributed by atoms with van der Waals surface area (Å²) in [6.07, 6.45) is 2.18. The van der Waals surface area contributed by atoms with Crippen LogP contribution in [0.4, 0.5) is 5.69 Å². The maximum absolute atomic E-state index is 8.42. The SMILES string of the molecule is Cc1ccc(N2CCC(COO)CC2)cc1. The molecule has 3 nitrogen and oxygen atoms in total. The van der Waals surface area contributed by atoms with E-state index >= 15 is 0 Å². The van der Waals surface area contributed by atoms with Gasteiger partial charge in [0.2, 0.25) is 0 Å². The largest absolute Gasteiger partial charge is 0.372 e. The van der Waals surface area contributed by atoms with Gasteiger partial charge in [-0.05, 0) is 37.8 Å². The van der Waals surface area contributed by atoms with E-state index in [0.29, 0.717) is 12.5 Å². The molecule has 1 heterocycles. The zero-order valence-electron chi connectivity index (χ0n) is 9.72. The van der Waals surface area contributed by atoms with Gasteiger partial charge in [0.15, 0.2) is 0 Å². The van der Waals surface area contributed by atoms with Crippen LogP contribution in [0.2, 0.25) is 0 Å². The second-order valence-corrected chi connectivity index (χ2v) is 4.56. The monoisotopic (exact) mass is 221 g/mol. The molecule has 16 heavy (non-hydrogen) atoms. The number of hydrogen-bond acceptors (Lipinski definition) is 3. The molecule has 0 unspecified atom stereocenters. The average Bonchev–Trinajstić information content (AvgIpc) is 2.32. The van der Waals surface area contributed by atoms with Crippen molar-refractivity contribution in [2.45, 2.75) is 19.8 Å². The van der Waals surface area contributed by atoms with Gasteiger partial charge >= 0.3 is 0 Å². The highest BCUT2D eigenvalue weighted by molar-refractivity contribution is 5.47. The molecule has 1 fully saturated rings. The van der Waals surface area contributed by atoms with Gasteiger partial charge in [-0.2, -0.15) is 0 Å². The minimum Gasteiger partial charge on any atom is -0.372 e. The zero-order chi connectivity index (χ0) is 11.4. The van der Waals surface area contributed by atoms with E-state index in [1.165, 1.54) is 11.3 Å². The van der Waals surface area contributed by atoms with Gasteiger partial charge in [-0.15, -0.1) is 0 Å². The van der Waals surface area contributed by atoms with Crippen molar-refractivity contribution < 1.29 is 10.1 Å². The van der Waals surface area contributed by atoms with E-state index in [4.69, 9.17) is 5.26 Å². The Morgan fingerprint density at radius 2 is 1.88 bits per heavy atom. The highest BCUT2D eigenvalue weighted by Gasteiger charge is 2.19. The maximum Gasteiger partial charge on any atom is 0.0849 e. The summed E-state index contributed by atoms with van der Waals surface area (Å²) in [5, 5.41) is 8.42. The third kappa shape index (κ3) is 2.74. The number of anilines is 1. The summed E-state index contributed by atoms with van der Waals surface area (Å²) < 4.78 is 0. The van der Waals surface area contributed by atoms with Crippen LogP contribution in [0, 0.1) is 12.8 Å². The molecule has 1 aromatic carbocycles. The van der Waals surface area contributed by atoms with Crippen LogP contribution in [0.25, 0.3) is 0 Å². The first-order valence-corrected chi connectivity index (χ1v) is 5.87. The smallest absolute Gasteiger partial charge is 0.0849 e. The topological polar surface area (TPSA) is 32.7 Å². The van der Waals surface area contributed by atoms with Gasteiger partial charge < -0.3 is 4.90 Å². The second kappa shape index (κ2) is 5.32. The van der Waals surface area contributed by atoms with Crippen LogP contribution >= 0.6 is 0 Å². The number of piperidine rings is 1. The molecular weight excluding hydrogens is 202 g/mol. The van der Waals surface area contributed by atoms with Crippen LogP contribution < -0.4 is 4.90 Å². The fourth-order valence-corrected chi connectivity index (χ4v) is 2.22. The van der Waals surface area contributed by atoms with Crippen molar-refractivity contribution in [1.29, 1.82) is 0 Å². The van der Waals surface area contributed by atoms with Gasteiger partial charge in [0.05, 0.1) is 6.61 Å². The van der Waals surface area contributed by atoms with Crippen LogP contribution in [0.1, 0.15) is 18.4 Å². The molecule has 1 aliphatic rings. The van der Waals surface area contributed by atoms with Crippen LogP contribution in [0.15, 0.2) is 24.3 Å². The number of aryl methyl sites for hydroxylation is 1. The highest BCUT2D eigenvalue weighted by atomic mass is 17.1. The summed E-state index contributed by atoms with van der Waals surface area (Å²) in [6, 6.07) is 8.66. The third-order valence-electron chi connectivity index (χ3n) is 3.32. The molecule has 0 spiro atoms. The normalized spacial score (nSPS) is 17.8. The molecule has 3 heteroatoms. The number of benzene rings is 1. The van der Waals surface area contributed by atoms with E-state index in [-0.39, 0.29) is 0 Å². The molecule has 0 aromatic heterocycles. The lowest BCUT2D eigenvalue weighted by atomic mass is 9.97. The first-order chi connectivity index (χ1) is 7.79. The fourth-order valence-electron chi connectivity index (χ4n) is 2.22. The average molecular weight is 221 g/mol. The quantitative estimate of drug-likeness (QED) is 0.629. The molecule has 1 aromatic rings. The van der Waals surface area contributed by atoms with Gasteiger partial charge in [-0.25, -0.2) is 4.89 Å². The fraction of sp³-hybridized carbons (Fsp3) is 0.538. The summed E-state index contributed by atoms with van der Waals surface area (Å²) in [5.41, 5.74) is 2.60. The summed E-state index contributed by atoms with van der Waals surface area (Å²) in [4.78, 5) is 6.62. The van der Waals surface area contributed by atoms with E-state index in [0.717, 1.165) is 25.9 Å². The Morgan fingerprint density at radius 3 is 2.44 bits per heavy atom. The number of nitrogens with zero attached hydrogens (tertiary/aromatic N) is 1. The zero-order valence-corrected chi connectivity index (χ0v) is 9.72. The molecule has 0 saturated carbocycles. The molecule has 0 amide bonds. The van der Waals surface area contributed by atoms with Crippen molar-refractivity contribution in [2.75, 3.05) is 24.6 Å². The molecule has 0 atom stereocenters. The molecule has 2 rings (SSSR count). The molecule has 0 radical (unpaired) electrons. The minimum absolute atomic E-state index is 0.474. The lowest BCUT2D eigenvalue weighted by molar-refractivity contribution is -0.251. The van der Waals surface area contributed by atoms with E-state index in [1.54, 1.807) is 0 Å². The van der Waals surface area contributed by atoms with Crippen molar-refractivity contribution >= 4 is 5.69 Å². The minimum atomic E-state index is 0.474. The first kappa shape index (κ1) is 11.4. The first-order valence-electron chi connectivity index (χ1n) is 5.87. The summed E-state index contributed by atoms with van der Waals surface area (Å²) in [6.45, 7) is 4.69. The standard InChI is InChI=1S/C13H19NO2/c1-11-2-4-13(5-3-11)14-8-6-12(7-9-14)10-16-15/h2-5,12,15H,6-10H2,1H3. The number of rotatable bonds is 3. The molecule has 0 aliphatic carbocycles. The second-order valence-electron chi connectivity index (χ2n) is 4.56. The van der Waals surface area contributed by atoms with Crippen LogP contribution in [-0.4, -0.2) is 25.0 Å². The van der Waals surface area contributed by atoms with E-state index in [9.17, 15) is 0 Å². The Labute approximate surface area is 96.6 Å². The number of hydrogen-bond donors (Lipinski definition) is 1. The van der Waals surface area contributed by atoms with Crippen molar-refractivity contribution in [1.82, 2.24) is 0 Å². The maximum atomic E-state index is 8.42. The third-order valence-corrected chi connectivity index (χ3v) is 3.32. The Hall–Kier alpha value is -1.06.